The molecule has 0 fully saturated rings. The van der Waals surface area contributed by atoms with Crippen molar-refractivity contribution in [1.82, 2.24) is 0 Å². The van der Waals surface area contributed by atoms with Gasteiger partial charge in [-0.15, -0.1) is 0 Å². The molecule has 0 bridgehead atoms. The Bertz CT molecular complexity index is 118. The summed E-state index contributed by atoms with van der Waals surface area (Å²) in [4.78, 5) is 10.7. The van der Waals surface area contributed by atoms with E-state index in [1.807, 2.05) is 0 Å². The van der Waals surface area contributed by atoms with Crippen LogP contribution in [0.1, 0.15) is 39.5 Å². The Morgan fingerprint density at radius 2 is 1.58 bits per heavy atom. The lowest BCUT2D eigenvalue weighted by Gasteiger charge is -2.05. The molecule has 0 radical (unpaired) electrons. The SMILES string of the molecule is CCCCB(CCCC)C(=O)O. The highest BCUT2D eigenvalue weighted by molar-refractivity contribution is 6.88. The second-order valence-electron chi connectivity index (χ2n) is 3.32. The van der Waals surface area contributed by atoms with Gasteiger partial charge in [-0.2, -0.15) is 0 Å². The summed E-state index contributed by atoms with van der Waals surface area (Å²) in [5.74, 6) is -0.614. The average molecular weight is 170 g/mol. The van der Waals surface area contributed by atoms with Gasteiger partial charge in [-0.25, -0.2) is 0 Å². The van der Waals surface area contributed by atoms with Gasteiger partial charge >= 0.3 is 0 Å². The van der Waals surface area contributed by atoms with Crippen molar-refractivity contribution in [3.63, 3.8) is 0 Å². The molecule has 0 aliphatic carbocycles. The molecule has 1 N–H and O–H groups in total. The molecule has 0 aliphatic heterocycles. The first-order valence-corrected chi connectivity index (χ1v) is 4.95. The highest BCUT2D eigenvalue weighted by Crippen LogP contribution is 2.10. The second-order valence-corrected chi connectivity index (χ2v) is 3.32. The van der Waals surface area contributed by atoms with Crippen LogP contribution >= 0.6 is 0 Å². The Morgan fingerprint density at radius 3 is 1.83 bits per heavy atom. The van der Waals surface area contributed by atoms with Gasteiger partial charge in [-0.1, -0.05) is 52.2 Å². The van der Waals surface area contributed by atoms with Crippen LogP contribution in [-0.2, 0) is 0 Å². The highest BCUT2D eigenvalue weighted by Gasteiger charge is 2.20. The van der Waals surface area contributed by atoms with Gasteiger partial charge in [-0.05, 0) is 0 Å². The largest absolute Gasteiger partial charge is 0.489 e. The molecule has 2 nitrogen and oxygen atoms in total. The number of carboxylic acid groups (broad SMARTS) is 1. The van der Waals surface area contributed by atoms with E-state index in [1.54, 1.807) is 0 Å². The van der Waals surface area contributed by atoms with Crippen LogP contribution in [0, 0.1) is 0 Å². The van der Waals surface area contributed by atoms with Crippen molar-refractivity contribution >= 4 is 12.6 Å². The summed E-state index contributed by atoms with van der Waals surface area (Å²) in [6, 6.07) is 0. The minimum absolute atomic E-state index is 0.0927. The first-order valence-electron chi connectivity index (χ1n) is 4.95. The van der Waals surface area contributed by atoms with Crippen molar-refractivity contribution in [1.29, 1.82) is 0 Å². The molecular formula is C9H19BO2. The van der Waals surface area contributed by atoms with E-state index in [0.717, 1.165) is 38.3 Å². The van der Waals surface area contributed by atoms with Crippen LogP contribution in [-0.4, -0.2) is 17.7 Å². The van der Waals surface area contributed by atoms with E-state index < -0.39 is 5.87 Å². The molecule has 0 aromatic carbocycles. The molecule has 12 heavy (non-hydrogen) atoms. The Balaban J connectivity index is 3.62. The zero-order chi connectivity index (χ0) is 9.40. The van der Waals surface area contributed by atoms with Gasteiger partial charge in [0.05, 0.1) is 0 Å². The number of hydrogen-bond acceptors (Lipinski definition) is 1. The Kier molecular flexibility index (Phi) is 6.92. The third kappa shape index (κ3) is 5.22. The Hall–Kier alpha value is -0.465. The number of rotatable bonds is 7. The minimum atomic E-state index is -0.614. The molecule has 0 heterocycles. The van der Waals surface area contributed by atoms with Crippen LogP contribution in [0.2, 0.25) is 12.6 Å². The van der Waals surface area contributed by atoms with Crippen molar-refractivity contribution in [2.75, 3.05) is 0 Å². The summed E-state index contributed by atoms with van der Waals surface area (Å²) >= 11 is 0. The standard InChI is InChI=1S/C9H19BO2/c1-3-5-7-10(9(11)12)8-6-4-2/h3-8H2,1-2H3,(H,11,12). The molecule has 0 aromatic rings. The fourth-order valence-electron chi connectivity index (χ4n) is 1.29. The van der Waals surface area contributed by atoms with Crippen molar-refractivity contribution in [3.05, 3.63) is 0 Å². The van der Waals surface area contributed by atoms with E-state index in [-0.39, 0.29) is 6.71 Å². The number of unbranched alkanes of at least 4 members (excludes halogenated alkanes) is 2. The molecule has 0 amide bonds. The van der Waals surface area contributed by atoms with E-state index in [4.69, 9.17) is 5.11 Å². The molecule has 0 aromatic heterocycles. The third-order valence-electron chi connectivity index (χ3n) is 2.16. The summed E-state index contributed by atoms with van der Waals surface area (Å²) in [5, 5.41) is 8.83. The molecule has 0 spiro atoms. The molecule has 0 atom stereocenters. The lowest BCUT2D eigenvalue weighted by Crippen LogP contribution is -2.23. The van der Waals surface area contributed by atoms with Gasteiger partial charge in [0.25, 0.3) is 6.71 Å². The summed E-state index contributed by atoms with van der Waals surface area (Å²) < 4.78 is 0. The lowest BCUT2D eigenvalue weighted by molar-refractivity contribution is 0.218. The Labute approximate surface area is 75.4 Å². The summed E-state index contributed by atoms with van der Waals surface area (Å²) in [5.41, 5.74) is 0. The van der Waals surface area contributed by atoms with Crippen molar-refractivity contribution in [2.24, 2.45) is 0 Å². The van der Waals surface area contributed by atoms with E-state index in [1.165, 1.54) is 0 Å². The lowest BCUT2D eigenvalue weighted by atomic mass is 9.44. The minimum Gasteiger partial charge on any atom is -0.489 e. The maximum absolute atomic E-state index is 10.7. The van der Waals surface area contributed by atoms with Crippen molar-refractivity contribution in [2.45, 2.75) is 52.2 Å². The van der Waals surface area contributed by atoms with Crippen LogP contribution < -0.4 is 0 Å². The molecule has 3 heteroatoms. The van der Waals surface area contributed by atoms with E-state index >= 15 is 0 Å². The van der Waals surface area contributed by atoms with Gasteiger partial charge in [0.15, 0.2) is 0 Å². The highest BCUT2D eigenvalue weighted by atomic mass is 16.4. The quantitative estimate of drug-likeness (QED) is 0.595. The maximum atomic E-state index is 10.7. The van der Waals surface area contributed by atoms with Gasteiger partial charge in [0, 0.05) is 0 Å². The van der Waals surface area contributed by atoms with E-state index in [0.29, 0.717) is 0 Å². The van der Waals surface area contributed by atoms with Crippen molar-refractivity contribution < 1.29 is 9.90 Å². The molecule has 0 unspecified atom stereocenters. The summed E-state index contributed by atoms with van der Waals surface area (Å²) in [7, 11) is 0. The third-order valence-corrected chi connectivity index (χ3v) is 2.16. The zero-order valence-corrected chi connectivity index (χ0v) is 8.18. The predicted octanol–water partition coefficient (Wildman–Crippen LogP) is 3.34. The van der Waals surface area contributed by atoms with E-state index in [9.17, 15) is 4.79 Å². The van der Waals surface area contributed by atoms with Gasteiger partial charge in [0.1, 0.15) is 0 Å². The maximum Gasteiger partial charge on any atom is 0.277 e. The van der Waals surface area contributed by atoms with Crippen LogP contribution in [0.5, 0.6) is 0 Å². The average Bonchev–Trinajstić information content (AvgIpc) is 2.04. The second kappa shape index (κ2) is 7.20. The fraction of sp³-hybridized carbons (Fsp3) is 0.889. The molecular weight excluding hydrogens is 151 g/mol. The summed E-state index contributed by atoms with van der Waals surface area (Å²) in [6.45, 7) is 4.10. The zero-order valence-electron chi connectivity index (χ0n) is 8.18. The number of hydrogen-bond donors (Lipinski definition) is 1. The molecule has 0 saturated carbocycles. The smallest absolute Gasteiger partial charge is 0.277 e. The van der Waals surface area contributed by atoms with Crippen molar-refractivity contribution in [3.8, 4) is 0 Å². The van der Waals surface area contributed by atoms with Gasteiger partial charge in [-0.3, -0.25) is 4.79 Å². The normalized spacial score (nSPS) is 9.83. The van der Waals surface area contributed by atoms with Crippen LogP contribution in [0.25, 0.3) is 0 Å². The van der Waals surface area contributed by atoms with Gasteiger partial charge in [0.2, 0.25) is 5.87 Å². The topological polar surface area (TPSA) is 37.3 Å². The first kappa shape index (κ1) is 11.5. The Morgan fingerprint density at radius 1 is 1.17 bits per heavy atom. The van der Waals surface area contributed by atoms with Crippen LogP contribution in [0.4, 0.5) is 4.79 Å². The monoisotopic (exact) mass is 170 g/mol. The molecule has 0 rings (SSSR count). The first-order chi connectivity index (χ1) is 5.72. The van der Waals surface area contributed by atoms with Crippen LogP contribution in [0.15, 0.2) is 0 Å². The molecule has 0 aliphatic rings. The molecule has 70 valence electrons. The number of carbonyl (C=O) groups is 1. The summed E-state index contributed by atoms with van der Waals surface area (Å²) in [6.07, 6.45) is 5.98. The fourth-order valence-corrected chi connectivity index (χ4v) is 1.29. The van der Waals surface area contributed by atoms with Crippen LogP contribution in [0.3, 0.4) is 0 Å². The van der Waals surface area contributed by atoms with Gasteiger partial charge < -0.3 is 5.11 Å². The molecule has 0 saturated heterocycles. The predicted molar refractivity (Wildman–Crippen MR) is 53.2 cm³/mol. The van der Waals surface area contributed by atoms with E-state index in [2.05, 4.69) is 13.8 Å².